The third-order valence-electron chi connectivity index (χ3n) is 2.62. The minimum Gasteiger partial charge on any atom is -0.445 e. The maximum Gasteiger partial charge on any atom is 0.410 e. The van der Waals surface area contributed by atoms with E-state index in [4.69, 9.17) is 16.3 Å². The summed E-state index contributed by atoms with van der Waals surface area (Å²) >= 11 is 5.49. The van der Waals surface area contributed by atoms with E-state index in [-0.39, 0.29) is 30.9 Å². The first kappa shape index (κ1) is 13.8. The third kappa shape index (κ3) is 3.60. The van der Waals surface area contributed by atoms with Gasteiger partial charge >= 0.3 is 6.09 Å². The molecule has 4 nitrogen and oxygen atoms in total. The zero-order valence-electron chi connectivity index (χ0n) is 9.82. The summed E-state index contributed by atoms with van der Waals surface area (Å²) in [5.41, 5.74) is 0.577. The minimum atomic E-state index is -0.426. The van der Waals surface area contributed by atoms with Crippen molar-refractivity contribution in [1.29, 1.82) is 0 Å². The van der Waals surface area contributed by atoms with Gasteiger partial charge in [-0.15, -0.1) is 11.6 Å². The van der Waals surface area contributed by atoms with E-state index in [1.165, 1.54) is 11.0 Å². The number of Topliss-reactive ketones (excluding diaryl/α,β-unsaturated/α-hetero) is 1. The lowest BCUT2D eigenvalue weighted by molar-refractivity contribution is -0.113. The lowest BCUT2D eigenvalue weighted by Gasteiger charge is -2.31. The normalized spacial score (nSPS) is 19.5. The fourth-order valence-electron chi connectivity index (χ4n) is 1.59. The standard InChI is InChI=1S/C12H16ClNO3/c1-3-6-17-12(16)14-8-10(11(15)7-13)5-4-9(14)2/h3,5,9H,1,4,6-8H2,2H3/t9-/m1/s1. The lowest BCUT2D eigenvalue weighted by atomic mass is 10.0. The van der Waals surface area contributed by atoms with Gasteiger partial charge in [0.25, 0.3) is 0 Å². The van der Waals surface area contributed by atoms with Crippen molar-refractivity contribution in [3.05, 3.63) is 24.3 Å². The molecular weight excluding hydrogens is 242 g/mol. The van der Waals surface area contributed by atoms with Crippen LogP contribution in [0.15, 0.2) is 24.3 Å². The molecule has 0 saturated carbocycles. The van der Waals surface area contributed by atoms with Crippen LogP contribution >= 0.6 is 11.6 Å². The van der Waals surface area contributed by atoms with Crippen molar-refractivity contribution in [2.45, 2.75) is 19.4 Å². The van der Waals surface area contributed by atoms with Gasteiger partial charge < -0.3 is 9.64 Å². The molecule has 0 spiro atoms. The van der Waals surface area contributed by atoms with E-state index in [2.05, 4.69) is 6.58 Å². The molecule has 1 atom stereocenters. The van der Waals surface area contributed by atoms with E-state index in [9.17, 15) is 9.59 Å². The van der Waals surface area contributed by atoms with Crippen LogP contribution in [0.4, 0.5) is 4.79 Å². The van der Waals surface area contributed by atoms with Crippen LogP contribution in [0.1, 0.15) is 13.3 Å². The van der Waals surface area contributed by atoms with E-state index in [1.807, 2.05) is 13.0 Å². The highest BCUT2D eigenvalue weighted by molar-refractivity contribution is 6.30. The van der Waals surface area contributed by atoms with Gasteiger partial charge in [0.1, 0.15) is 6.61 Å². The smallest absolute Gasteiger partial charge is 0.410 e. The SMILES string of the molecule is C=CCOC(=O)N1CC(C(=O)CCl)=CC[C@H]1C. The quantitative estimate of drug-likeness (QED) is 0.573. The number of ketones is 1. The van der Waals surface area contributed by atoms with Crippen LogP contribution in [0.5, 0.6) is 0 Å². The van der Waals surface area contributed by atoms with Gasteiger partial charge in [0.15, 0.2) is 5.78 Å². The van der Waals surface area contributed by atoms with Crippen molar-refractivity contribution >= 4 is 23.5 Å². The van der Waals surface area contributed by atoms with Crippen molar-refractivity contribution in [2.75, 3.05) is 19.0 Å². The highest BCUT2D eigenvalue weighted by atomic mass is 35.5. The number of nitrogens with zero attached hydrogens (tertiary/aromatic N) is 1. The second-order valence-corrected chi connectivity index (χ2v) is 4.13. The average Bonchev–Trinajstić information content (AvgIpc) is 2.35. The molecule has 0 fully saturated rings. The summed E-state index contributed by atoms with van der Waals surface area (Å²) in [4.78, 5) is 24.7. The van der Waals surface area contributed by atoms with Crippen molar-refractivity contribution in [2.24, 2.45) is 0 Å². The predicted molar refractivity (Wildman–Crippen MR) is 66.1 cm³/mol. The number of hydrogen-bond acceptors (Lipinski definition) is 3. The molecule has 0 aliphatic carbocycles. The van der Waals surface area contributed by atoms with Gasteiger partial charge in [-0.1, -0.05) is 18.7 Å². The first-order valence-electron chi connectivity index (χ1n) is 5.42. The van der Waals surface area contributed by atoms with Crippen molar-refractivity contribution in [3.63, 3.8) is 0 Å². The summed E-state index contributed by atoms with van der Waals surface area (Å²) in [6.45, 7) is 5.82. The Bertz CT molecular complexity index is 352. The number of amides is 1. The van der Waals surface area contributed by atoms with Crippen molar-refractivity contribution in [3.8, 4) is 0 Å². The Morgan fingerprint density at radius 2 is 2.41 bits per heavy atom. The van der Waals surface area contributed by atoms with Crippen LogP contribution in [-0.4, -0.2) is 41.8 Å². The summed E-state index contributed by atoms with van der Waals surface area (Å²) in [6, 6.07) is 0.0270. The van der Waals surface area contributed by atoms with Gasteiger partial charge in [0.05, 0.1) is 12.4 Å². The highest BCUT2D eigenvalue weighted by Crippen LogP contribution is 2.18. The molecule has 0 radical (unpaired) electrons. The third-order valence-corrected chi connectivity index (χ3v) is 2.86. The highest BCUT2D eigenvalue weighted by Gasteiger charge is 2.27. The molecule has 0 bridgehead atoms. The fourth-order valence-corrected chi connectivity index (χ4v) is 1.76. The number of hydrogen-bond donors (Lipinski definition) is 0. The van der Waals surface area contributed by atoms with Crippen LogP contribution < -0.4 is 0 Å². The molecule has 1 aliphatic rings. The molecule has 0 aromatic heterocycles. The van der Waals surface area contributed by atoms with E-state index in [0.717, 1.165) is 0 Å². The van der Waals surface area contributed by atoms with E-state index < -0.39 is 6.09 Å². The molecule has 0 N–H and O–H groups in total. The Morgan fingerprint density at radius 3 is 3.00 bits per heavy atom. The number of carbonyl (C=O) groups is 2. The second-order valence-electron chi connectivity index (χ2n) is 3.86. The molecule has 1 amide bonds. The first-order valence-corrected chi connectivity index (χ1v) is 5.96. The Labute approximate surface area is 106 Å². The summed E-state index contributed by atoms with van der Waals surface area (Å²) < 4.78 is 4.96. The Hall–Kier alpha value is -1.29. The number of carbonyl (C=O) groups excluding carboxylic acids is 2. The number of ether oxygens (including phenoxy) is 1. The summed E-state index contributed by atoms with van der Waals surface area (Å²) in [5.74, 6) is -0.199. The molecule has 17 heavy (non-hydrogen) atoms. The molecule has 1 aliphatic heterocycles. The number of halogens is 1. The second kappa shape index (κ2) is 6.45. The number of rotatable bonds is 4. The first-order chi connectivity index (χ1) is 8.10. The molecule has 1 rings (SSSR count). The molecule has 0 aromatic rings. The van der Waals surface area contributed by atoms with Gasteiger partial charge in [-0.2, -0.15) is 0 Å². The van der Waals surface area contributed by atoms with Gasteiger partial charge in [-0.25, -0.2) is 4.79 Å². The molecule has 94 valence electrons. The average molecular weight is 258 g/mol. The summed E-state index contributed by atoms with van der Waals surface area (Å²) in [5, 5.41) is 0. The van der Waals surface area contributed by atoms with Crippen LogP contribution in [0, 0.1) is 0 Å². The maximum absolute atomic E-state index is 11.7. The van der Waals surface area contributed by atoms with Crippen molar-refractivity contribution in [1.82, 2.24) is 4.90 Å². The van der Waals surface area contributed by atoms with Crippen LogP contribution in [0.3, 0.4) is 0 Å². The minimum absolute atomic E-state index is 0.0270. The van der Waals surface area contributed by atoms with E-state index in [0.29, 0.717) is 12.0 Å². The fraction of sp³-hybridized carbons (Fsp3) is 0.500. The molecule has 1 heterocycles. The maximum atomic E-state index is 11.7. The van der Waals surface area contributed by atoms with Gasteiger partial charge in [-0.3, -0.25) is 4.79 Å². The number of alkyl halides is 1. The molecule has 0 aromatic carbocycles. The lowest BCUT2D eigenvalue weighted by Crippen LogP contribution is -2.43. The van der Waals surface area contributed by atoms with Crippen LogP contribution in [0.25, 0.3) is 0 Å². The molecule has 0 unspecified atom stereocenters. The van der Waals surface area contributed by atoms with Gasteiger partial charge in [-0.05, 0) is 13.3 Å². The van der Waals surface area contributed by atoms with Crippen LogP contribution in [0.2, 0.25) is 0 Å². The van der Waals surface area contributed by atoms with Gasteiger partial charge in [0.2, 0.25) is 0 Å². The predicted octanol–water partition coefficient (Wildman–Crippen LogP) is 2.14. The molecule has 5 heteroatoms. The topological polar surface area (TPSA) is 46.6 Å². The Kier molecular flexibility index (Phi) is 5.22. The van der Waals surface area contributed by atoms with Crippen LogP contribution in [-0.2, 0) is 9.53 Å². The monoisotopic (exact) mass is 257 g/mol. The summed E-state index contributed by atoms with van der Waals surface area (Å²) in [6.07, 6.45) is 3.56. The van der Waals surface area contributed by atoms with E-state index in [1.54, 1.807) is 0 Å². The van der Waals surface area contributed by atoms with Gasteiger partial charge in [0, 0.05) is 11.6 Å². The summed E-state index contributed by atoms with van der Waals surface area (Å²) in [7, 11) is 0. The van der Waals surface area contributed by atoms with E-state index >= 15 is 0 Å². The molecule has 0 saturated heterocycles. The Morgan fingerprint density at radius 1 is 1.71 bits per heavy atom. The van der Waals surface area contributed by atoms with Crippen molar-refractivity contribution < 1.29 is 14.3 Å². The largest absolute Gasteiger partial charge is 0.445 e. The Balaban J connectivity index is 2.67. The zero-order valence-corrected chi connectivity index (χ0v) is 10.6. The molecular formula is C12H16ClNO3. The zero-order chi connectivity index (χ0) is 12.8.